The van der Waals surface area contributed by atoms with Gasteiger partial charge in [0.05, 0.1) is 6.21 Å². The van der Waals surface area contributed by atoms with E-state index in [0.717, 1.165) is 5.01 Å². The molecule has 6 heteroatoms. The minimum Gasteiger partial charge on any atom is -0.507 e. The smallest absolute Gasteiger partial charge is 0.346 e. The van der Waals surface area contributed by atoms with Gasteiger partial charge in [-0.15, -0.1) is 5.01 Å². The standard InChI is InChI=1S/C17H15N3O3/c1-17(13-8-3-2-4-9-13)15(22)20(16(23)19-17)18-11-12-7-5-6-10-14(12)21/h2-11,21H,1H3,(H,19,23)/b18-11+/t17-/m1/s1. The van der Waals surface area contributed by atoms with E-state index in [1.54, 1.807) is 49.4 Å². The van der Waals surface area contributed by atoms with Crippen molar-refractivity contribution in [2.75, 3.05) is 0 Å². The first-order chi connectivity index (χ1) is 11.0. The number of benzene rings is 2. The number of nitrogens with zero attached hydrogens (tertiary/aromatic N) is 2. The van der Waals surface area contributed by atoms with E-state index in [1.165, 1.54) is 12.3 Å². The molecule has 2 N–H and O–H groups in total. The molecule has 2 aromatic rings. The molecular formula is C17H15N3O3. The molecule has 0 unspecified atom stereocenters. The van der Waals surface area contributed by atoms with Crippen LogP contribution in [0.15, 0.2) is 59.7 Å². The van der Waals surface area contributed by atoms with Gasteiger partial charge in [-0.2, -0.15) is 5.10 Å². The molecule has 0 saturated carbocycles. The normalized spacial score (nSPS) is 21.0. The van der Waals surface area contributed by atoms with Crippen LogP contribution in [0.3, 0.4) is 0 Å². The van der Waals surface area contributed by atoms with Crippen molar-refractivity contribution in [1.29, 1.82) is 0 Å². The SMILES string of the molecule is C[C@]1(c2ccccc2)NC(=O)N(/N=C/c2ccccc2O)C1=O. The summed E-state index contributed by atoms with van der Waals surface area (Å²) < 4.78 is 0. The number of amides is 3. The zero-order valence-corrected chi connectivity index (χ0v) is 12.4. The van der Waals surface area contributed by atoms with Crippen LogP contribution in [0.2, 0.25) is 0 Å². The van der Waals surface area contributed by atoms with Crippen molar-refractivity contribution < 1.29 is 14.7 Å². The lowest BCUT2D eigenvalue weighted by molar-refractivity contribution is -0.131. The number of aromatic hydroxyl groups is 1. The van der Waals surface area contributed by atoms with Gasteiger partial charge in [0, 0.05) is 5.56 Å². The second-order valence-electron chi connectivity index (χ2n) is 5.34. The summed E-state index contributed by atoms with van der Waals surface area (Å²) in [5.74, 6) is -0.450. The minimum absolute atomic E-state index is 0.0223. The van der Waals surface area contributed by atoms with E-state index in [4.69, 9.17) is 0 Å². The molecule has 23 heavy (non-hydrogen) atoms. The molecule has 0 aliphatic carbocycles. The van der Waals surface area contributed by atoms with Gasteiger partial charge in [0.15, 0.2) is 0 Å². The number of carbonyl (C=O) groups excluding carboxylic acids is 2. The molecule has 3 rings (SSSR count). The van der Waals surface area contributed by atoms with Gasteiger partial charge in [-0.05, 0) is 24.6 Å². The summed E-state index contributed by atoms with van der Waals surface area (Å²) in [4.78, 5) is 24.7. The number of carbonyl (C=O) groups is 2. The van der Waals surface area contributed by atoms with Crippen molar-refractivity contribution in [3.8, 4) is 5.75 Å². The van der Waals surface area contributed by atoms with Crippen molar-refractivity contribution in [1.82, 2.24) is 10.3 Å². The number of hydrogen-bond donors (Lipinski definition) is 2. The lowest BCUT2D eigenvalue weighted by atomic mass is 9.92. The summed E-state index contributed by atoms with van der Waals surface area (Å²) in [6.45, 7) is 1.64. The molecule has 1 aliphatic heterocycles. The minimum atomic E-state index is -1.16. The second kappa shape index (κ2) is 5.57. The van der Waals surface area contributed by atoms with Crippen LogP contribution < -0.4 is 5.32 Å². The fourth-order valence-corrected chi connectivity index (χ4v) is 2.41. The van der Waals surface area contributed by atoms with E-state index in [-0.39, 0.29) is 5.75 Å². The first-order valence-electron chi connectivity index (χ1n) is 7.06. The van der Waals surface area contributed by atoms with Crippen LogP contribution in [-0.2, 0) is 10.3 Å². The summed E-state index contributed by atoms with van der Waals surface area (Å²) in [7, 11) is 0. The zero-order chi connectivity index (χ0) is 16.4. The highest BCUT2D eigenvalue weighted by atomic mass is 16.3. The number of rotatable bonds is 3. The Hall–Kier alpha value is -3.15. The van der Waals surface area contributed by atoms with Crippen LogP contribution in [0.1, 0.15) is 18.1 Å². The zero-order valence-electron chi connectivity index (χ0n) is 12.4. The predicted molar refractivity (Wildman–Crippen MR) is 84.9 cm³/mol. The molecule has 1 saturated heterocycles. The maximum atomic E-state index is 12.6. The Kier molecular flexibility index (Phi) is 3.57. The maximum Gasteiger partial charge on any atom is 0.346 e. The number of urea groups is 1. The van der Waals surface area contributed by atoms with Gasteiger partial charge in [-0.3, -0.25) is 4.79 Å². The predicted octanol–water partition coefficient (Wildman–Crippen LogP) is 2.19. The summed E-state index contributed by atoms with van der Waals surface area (Å²) >= 11 is 0. The summed E-state index contributed by atoms with van der Waals surface area (Å²) in [5.41, 5.74) is -0.0611. The van der Waals surface area contributed by atoms with Crippen LogP contribution in [-0.4, -0.2) is 28.3 Å². The van der Waals surface area contributed by atoms with Crippen molar-refractivity contribution in [2.24, 2.45) is 5.10 Å². The Bertz CT molecular complexity index is 789. The number of hydrazone groups is 1. The van der Waals surface area contributed by atoms with Crippen LogP contribution >= 0.6 is 0 Å². The molecule has 1 aliphatic rings. The third kappa shape index (κ3) is 2.55. The number of nitrogens with one attached hydrogen (secondary N) is 1. The quantitative estimate of drug-likeness (QED) is 0.673. The molecule has 0 aromatic heterocycles. The van der Waals surface area contributed by atoms with Gasteiger partial charge < -0.3 is 10.4 Å². The molecule has 1 heterocycles. The van der Waals surface area contributed by atoms with E-state index in [9.17, 15) is 14.7 Å². The lowest BCUT2D eigenvalue weighted by Gasteiger charge is -2.20. The van der Waals surface area contributed by atoms with Gasteiger partial charge in [-0.25, -0.2) is 4.79 Å². The van der Waals surface area contributed by atoms with Gasteiger partial charge in [-0.1, -0.05) is 42.5 Å². The van der Waals surface area contributed by atoms with E-state index >= 15 is 0 Å². The highest BCUT2D eigenvalue weighted by Crippen LogP contribution is 2.28. The number of phenolic OH excluding ortho intramolecular Hbond substituents is 1. The Morgan fingerprint density at radius 2 is 1.74 bits per heavy atom. The molecule has 0 radical (unpaired) electrons. The molecule has 0 bridgehead atoms. The number of phenols is 1. The summed E-state index contributed by atoms with van der Waals surface area (Å²) in [6, 6.07) is 14.9. The first-order valence-corrected chi connectivity index (χ1v) is 7.06. The van der Waals surface area contributed by atoms with Gasteiger partial charge in [0.1, 0.15) is 11.3 Å². The van der Waals surface area contributed by atoms with Crippen LogP contribution in [0.4, 0.5) is 4.79 Å². The average molecular weight is 309 g/mol. The van der Waals surface area contributed by atoms with E-state index in [0.29, 0.717) is 11.1 Å². The molecule has 6 nitrogen and oxygen atoms in total. The van der Waals surface area contributed by atoms with Crippen molar-refractivity contribution >= 4 is 18.2 Å². The van der Waals surface area contributed by atoms with Gasteiger partial charge in [0.25, 0.3) is 5.91 Å². The number of para-hydroxylation sites is 1. The Morgan fingerprint density at radius 3 is 2.43 bits per heavy atom. The summed E-state index contributed by atoms with van der Waals surface area (Å²) in [5, 5.41) is 17.1. The molecule has 2 aromatic carbocycles. The maximum absolute atomic E-state index is 12.6. The van der Waals surface area contributed by atoms with E-state index < -0.39 is 17.5 Å². The Morgan fingerprint density at radius 1 is 1.09 bits per heavy atom. The molecule has 1 fully saturated rings. The topological polar surface area (TPSA) is 82.0 Å². The van der Waals surface area contributed by atoms with E-state index in [2.05, 4.69) is 10.4 Å². The largest absolute Gasteiger partial charge is 0.507 e. The van der Waals surface area contributed by atoms with Crippen molar-refractivity contribution in [2.45, 2.75) is 12.5 Å². The molecule has 116 valence electrons. The number of imide groups is 1. The Labute approximate surface area is 133 Å². The van der Waals surface area contributed by atoms with Crippen LogP contribution in [0.5, 0.6) is 5.75 Å². The van der Waals surface area contributed by atoms with Gasteiger partial charge >= 0.3 is 6.03 Å². The highest BCUT2D eigenvalue weighted by molar-refractivity contribution is 6.07. The fraction of sp³-hybridized carbons (Fsp3) is 0.118. The molecule has 0 spiro atoms. The third-order valence-electron chi connectivity index (χ3n) is 3.77. The molecule has 3 amide bonds. The van der Waals surface area contributed by atoms with Crippen LogP contribution in [0, 0.1) is 0 Å². The van der Waals surface area contributed by atoms with Gasteiger partial charge in [0.2, 0.25) is 0 Å². The van der Waals surface area contributed by atoms with Crippen molar-refractivity contribution in [3.05, 3.63) is 65.7 Å². The highest BCUT2D eigenvalue weighted by Gasteiger charge is 2.49. The number of hydrogen-bond acceptors (Lipinski definition) is 4. The third-order valence-corrected chi connectivity index (χ3v) is 3.77. The Balaban J connectivity index is 1.89. The van der Waals surface area contributed by atoms with Crippen molar-refractivity contribution in [3.63, 3.8) is 0 Å². The first kappa shape index (κ1) is 14.8. The van der Waals surface area contributed by atoms with Crippen LogP contribution in [0.25, 0.3) is 0 Å². The van der Waals surface area contributed by atoms with E-state index in [1.807, 2.05) is 6.07 Å². The molecular weight excluding hydrogens is 294 g/mol. The second-order valence-corrected chi connectivity index (χ2v) is 5.34. The lowest BCUT2D eigenvalue weighted by Crippen LogP contribution is -2.40. The molecule has 1 atom stereocenters. The average Bonchev–Trinajstić information content (AvgIpc) is 2.78. The summed E-state index contributed by atoms with van der Waals surface area (Å²) in [6.07, 6.45) is 1.28. The fourth-order valence-electron chi connectivity index (χ4n) is 2.41. The monoisotopic (exact) mass is 309 g/mol.